The van der Waals surface area contributed by atoms with E-state index < -0.39 is 11.9 Å². The van der Waals surface area contributed by atoms with Crippen LogP contribution in [0.4, 0.5) is 29.0 Å². The number of aromatic nitrogens is 2. The number of nitrogens with one attached hydrogen (secondary N) is 1. The Bertz CT molecular complexity index is 1250. The third-order valence-electron chi connectivity index (χ3n) is 7.10. The van der Waals surface area contributed by atoms with Crippen molar-refractivity contribution >= 4 is 27.2 Å². The van der Waals surface area contributed by atoms with Gasteiger partial charge in [0.1, 0.15) is 16.4 Å². The van der Waals surface area contributed by atoms with Gasteiger partial charge in [-0.25, -0.2) is 9.97 Å². The molecule has 2 aliphatic rings. The van der Waals surface area contributed by atoms with Gasteiger partial charge in [0, 0.05) is 30.9 Å². The number of hydrogen-bond donors (Lipinski definition) is 1. The van der Waals surface area contributed by atoms with E-state index in [0.29, 0.717) is 18.0 Å². The van der Waals surface area contributed by atoms with E-state index in [4.69, 9.17) is 4.74 Å². The maximum atomic E-state index is 14.2. The van der Waals surface area contributed by atoms with Gasteiger partial charge in [0.05, 0.1) is 0 Å². The second-order valence-corrected chi connectivity index (χ2v) is 12.0. The maximum Gasteiger partial charge on any atom is 0.436 e. The molecule has 2 aromatic heterocycles. The van der Waals surface area contributed by atoms with Crippen molar-refractivity contribution in [3.8, 4) is 11.6 Å². The van der Waals surface area contributed by atoms with Crippen LogP contribution in [0.25, 0.3) is 0 Å². The van der Waals surface area contributed by atoms with Crippen LogP contribution < -0.4 is 15.0 Å². The minimum absolute atomic E-state index is 0.0636. The van der Waals surface area contributed by atoms with Gasteiger partial charge in [-0.1, -0.05) is 50.3 Å². The highest BCUT2D eigenvalue weighted by Crippen LogP contribution is 2.45. The number of alkyl halides is 3. The number of para-hydroxylation sites is 1. The summed E-state index contributed by atoms with van der Waals surface area (Å²) in [6.45, 7) is 9.73. The van der Waals surface area contributed by atoms with E-state index in [-0.39, 0.29) is 27.5 Å². The molecule has 5 rings (SSSR count). The first kappa shape index (κ1) is 26.7. The van der Waals surface area contributed by atoms with Gasteiger partial charge in [0.2, 0.25) is 5.88 Å². The molecule has 0 bridgehead atoms. The molecule has 3 aromatic rings. The Balaban J connectivity index is 1.42. The molecule has 4 heterocycles. The fraction of sp³-hybridized carbons (Fsp3) is 0.500. The topological polar surface area (TPSA) is 53.5 Å². The van der Waals surface area contributed by atoms with Crippen LogP contribution in [0.15, 0.2) is 42.6 Å². The zero-order valence-electron chi connectivity index (χ0n) is 22.0. The third kappa shape index (κ3) is 5.91. The molecule has 204 valence electrons. The zero-order valence-corrected chi connectivity index (χ0v) is 22.8. The van der Waals surface area contributed by atoms with Gasteiger partial charge in [-0.15, -0.1) is 0 Å². The quantitative estimate of drug-likeness (QED) is 0.333. The lowest BCUT2D eigenvalue weighted by Crippen LogP contribution is -2.39. The molecule has 0 amide bonds. The first-order valence-electron chi connectivity index (χ1n) is 13.2. The summed E-state index contributed by atoms with van der Waals surface area (Å²) in [4.78, 5) is 12.7. The fourth-order valence-corrected chi connectivity index (χ4v) is 6.36. The lowest BCUT2D eigenvalue weighted by Gasteiger charge is -2.29. The van der Waals surface area contributed by atoms with Crippen molar-refractivity contribution < 1.29 is 17.9 Å². The number of halogens is 3. The van der Waals surface area contributed by atoms with Crippen molar-refractivity contribution in [3.05, 3.63) is 53.9 Å². The molecule has 2 saturated heterocycles. The van der Waals surface area contributed by atoms with Gasteiger partial charge in [0.15, 0.2) is 10.8 Å². The van der Waals surface area contributed by atoms with Crippen LogP contribution in [0, 0.1) is 0 Å². The summed E-state index contributed by atoms with van der Waals surface area (Å²) in [6, 6.07) is 11.2. The van der Waals surface area contributed by atoms with Crippen LogP contribution in [0.3, 0.4) is 0 Å². The third-order valence-corrected chi connectivity index (χ3v) is 8.11. The molecule has 0 radical (unpaired) electrons. The largest absolute Gasteiger partial charge is 0.437 e. The highest BCUT2D eigenvalue weighted by atomic mass is 32.1. The second kappa shape index (κ2) is 10.7. The smallest absolute Gasteiger partial charge is 0.436 e. The van der Waals surface area contributed by atoms with Gasteiger partial charge < -0.3 is 19.9 Å². The Labute approximate surface area is 225 Å². The molecular formula is C28H34F3N5OS. The first-order valence-corrected chi connectivity index (χ1v) is 14.0. The molecule has 6 nitrogen and oxygen atoms in total. The summed E-state index contributed by atoms with van der Waals surface area (Å²) in [5, 5.41) is 3.43. The lowest BCUT2D eigenvalue weighted by molar-refractivity contribution is -0.140. The SMILES string of the molecule is CC(C)(C)c1ccccc1Oc1ncccc1Nc1nc(C(F)(F)F)c(N2CCC[C@H]2CN2CCCC2)s1. The Kier molecular flexibility index (Phi) is 7.55. The minimum Gasteiger partial charge on any atom is -0.437 e. The van der Waals surface area contributed by atoms with Crippen molar-refractivity contribution in [2.45, 2.75) is 64.1 Å². The summed E-state index contributed by atoms with van der Waals surface area (Å²) < 4.78 is 48.7. The molecule has 0 unspecified atom stereocenters. The van der Waals surface area contributed by atoms with E-state index >= 15 is 0 Å². The van der Waals surface area contributed by atoms with Crippen LogP contribution in [-0.2, 0) is 11.6 Å². The number of anilines is 3. The summed E-state index contributed by atoms with van der Waals surface area (Å²) in [7, 11) is 0. The van der Waals surface area contributed by atoms with Crippen molar-refractivity contribution in [3.63, 3.8) is 0 Å². The van der Waals surface area contributed by atoms with Gasteiger partial charge >= 0.3 is 6.18 Å². The van der Waals surface area contributed by atoms with Crippen LogP contribution in [0.1, 0.15) is 57.7 Å². The van der Waals surface area contributed by atoms with Crippen LogP contribution in [0.5, 0.6) is 11.6 Å². The van der Waals surface area contributed by atoms with Crippen LogP contribution in [0.2, 0.25) is 0 Å². The van der Waals surface area contributed by atoms with Gasteiger partial charge in [-0.3, -0.25) is 0 Å². The molecule has 38 heavy (non-hydrogen) atoms. The Morgan fingerprint density at radius 1 is 1.03 bits per heavy atom. The number of hydrogen-bond acceptors (Lipinski definition) is 7. The molecule has 0 saturated carbocycles. The molecule has 2 aliphatic heterocycles. The minimum atomic E-state index is -4.55. The summed E-state index contributed by atoms with van der Waals surface area (Å²) in [6.07, 6.45) is 1.14. The molecule has 2 fully saturated rings. The molecule has 1 atom stereocenters. The van der Waals surface area contributed by atoms with Crippen molar-refractivity contribution in [2.75, 3.05) is 36.4 Å². The molecule has 1 aromatic carbocycles. The van der Waals surface area contributed by atoms with Gasteiger partial charge in [0.25, 0.3) is 0 Å². The van der Waals surface area contributed by atoms with Crippen molar-refractivity contribution in [1.82, 2.24) is 14.9 Å². The van der Waals surface area contributed by atoms with E-state index in [1.54, 1.807) is 18.3 Å². The number of pyridine rings is 1. The fourth-order valence-electron chi connectivity index (χ4n) is 5.26. The van der Waals surface area contributed by atoms with Crippen LogP contribution >= 0.6 is 11.3 Å². The van der Waals surface area contributed by atoms with E-state index in [1.807, 2.05) is 29.2 Å². The van der Waals surface area contributed by atoms with Crippen molar-refractivity contribution in [2.24, 2.45) is 0 Å². The number of thiazole rings is 1. The zero-order chi connectivity index (χ0) is 26.9. The van der Waals surface area contributed by atoms with Gasteiger partial charge in [-0.2, -0.15) is 13.2 Å². The summed E-state index contributed by atoms with van der Waals surface area (Å²) in [5.41, 5.74) is 0.472. The normalized spacial score (nSPS) is 18.8. The van der Waals surface area contributed by atoms with Gasteiger partial charge in [-0.05, 0) is 62.4 Å². The standard InChI is InChI=1S/C28H34F3N5OS/c1-27(2,3)20-11-4-5-13-22(20)37-24-21(12-8-14-32-24)33-26-34-23(28(29,30)31)25(38-26)36-17-9-10-19(36)18-35-15-6-7-16-35/h4-5,8,11-14,19H,6-7,9-10,15-18H2,1-3H3,(H,33,34)/t19-/m0/s1. The second-order valence-electron chi connectivity index (χ2n) is 11.0. The predicted octanol–water partition coefficient (Wildman–Crippen LogP) is 7.45. The average molecular weight is 546 g/mol. The Morgan fingerprint density at radius 3 is 2.53 bits per heavy atom. The Hall–Kier alpha value is -2.85. The molecule has 0 spiro atoms. The summed E-state index contributed by atoms with van der Waals surface area (Å²) in [5.74, 6) is 0.932. The number of ether oxygens (including phenoxy) is 1. The Morgan fingerprint density at radius 2 is 1.79 bits per heavy atom. The molecule has 0 aliphatic carbocycles. The van der Waals surface area contributed by atoms with E-state index in [0.717, 1.165) is 62.2 Å². The monoisotopic (exact) mass is 545 g/mol. The molecule has 1 N–H and O–H groups in total. The number of benzene rings is 1. The number of rotatable bonds is 7. The number of nitrogens with zero attached hydrogens (tertiary/aromatic N) is 4. The van der Waals surface area contributed by atoms with E-state index in [2.05, 4.69) is 41.0 Å². The number of likely N-dealkylation sites (tertiary alicyclic amines) is 1. The maximum absolute atomic E-state index is 14.2. The molecular weight excluding hydrogens is 511 g/mol. The van der Waals surface area contributed by atoms with E-state index in [1.165, 1.54) is 0 Å². The predicted molar refractivity (Wildman–Crippen MR) is 146 cm³/mol. The highest BCUT2D eigenvalue weighted by molar-refractivity contribution is 7.19. The van der Waals surface area contributed by atoms with Crippen LogP contribution in [-0.4, -0.2) is 47.1 Å². The van der Waals surface area contributed by atoms with E-state index in [9.17, 15) is 13.2 Å². The first-order chi connectivity index (χ1) is 18.1. The highest BCUT2D eigenvalue weighted by Gasteiger charge is 2.42. The lowest BCUT2D eigenvalue weighted by atomic mass is 9.86. The average Bonchev–Trinajstić information content (AvgIpc) is 3.61. The molecule has 10 heteroatoms. The van der Waals surface area contributed by atoms with Crippen molar-refractivity contribution in [1.29, 1.82) is 0 Å². The summed E-state index contributed by atoms with van der Waals surface area (Å²) >= 11 is 1.04.